The van der Waals surface area contributed by atoms with Crippen molar-refractivity contribution < 1.29 is 19.2 Å². The monoisotopic (exact) mass is 195 g/mol. The number of oxime groups is 1. The molecule has 5 nitrogen and oxygen atoms in total. The van der Waals surface area contributed by atoms with Crippen molar-refractivity contribution in [3.8, 4) is 0 Å². The van der Waals surface area contributed by atoms with Gasteiger partial charge >= 0.3 is 5.97 Å². The number of ketones is 1. The second-order valence-electron chi connectivity index (χ2n) is 2.44. The summed E-state index contributed by atoms with van der Waals surface area (Å²) in [5.74, 6) is -0.890. The average Bonchev–Trinajstić information content (AvgIpc) is 2.20. The number of ether oxygens (including phenoxy) is 1. The molecule has 0 aromatic carbocycles. The molecule has 0 aliphatic heterocycles. The number of nitrogens with zero attached hydrogens (tertiary/aromatic N) is 1. The van der Waals surface area contributed by atoms with E-state index in [0.29, 0.717) is 0 Å². The second-order valence-corrected chi connectivity index (χ2v) is 2.44. The highest BCUT2D eigenvalue weighted by atomic mass is 16.6. The van der Waals surface area contributed by atoms with Crippen LogP contribution in [0.5, 0.6) is 0 Å². The molecule has 0 unspecified atom stereocenters. The topological polar surface area (TPSA) is 65.0 Å². The zero-order chi connectivity index (χ0) is 10.6. The first-order valence-electron chi connectivity index (χ1n) is 3.82. The second kappa shape index (κ2) is 4.36. The number of hydrogen-bond acceptors (Lipinski definition) is 5. The van der Waals surface area contributed by atoms with E-state index in [1.807, 2.05) is 0 Å². The summed E-state index contributed by atoms with van der Waals surface area (Å²) >= 11 is 0. The van der Waals surface area contributed by atoms with Crippen LogP contribution in [0.3, 0.4) is 0 Å². The van der Waals surface area contributed by atoms with Gasteiger partial charge in [0, 0.05) is 6.08 Å². The summed E-state index contributed by atoms with van der Waals surface area (Å²) in [5, 5.41) is 3.58. The Morgan fingerprint density at radius 1 is 1.36 bits per heavy atom. The molecular formula is C9H9NO4. The SMILES string of the molecule is CO/N=C1\C=CC(=O)C=C1C(=O)OC. The minimum atomic E-state index is -0.612. The Bertz CT molecular complexity index is 352. The third-order valence-electron chi connectivity index (χ3n) is 1.56. The van der Waals surface area contributed by atoms with Crippen LogP contribution in [-0.4, -0.2) is 31.7 Å². The fraction of sp³-hybridized carbons (Fsp3) is 0.222. The molecule has 0 fully saturated rings. The third-order valence-corrected chi connectivity index (χ3v) is 1.56. The first-order valence-corrected chi connectivity index (χ1v) is 3.82. The van der Waals surface area contributed by atoms with Crippen LogP contribution in [0.1, 0.15) is 0 Å². The lowest BCUT2D eigenvalue weighted by Gasteiger charge is -2.07. The van der Waals surface area contributed by atoms with E-state index in [0.717, 1.165) is 6.08 Å². The molecule has 14 heavy (non-hydrogen) atoms. The predicted molar refractivity (Wildman–Crippen MR) is 48.7 cm³/mol. The lowest BCUT2D eigenvalue weighted by atomic mass is 10.0. The number of methoxy groups -OCH3 is 1. The molecule has 0 heterocycles. The van der Waals surface area contributed by atoms with Crippen molar-refractivity contribution in [1.82, 2.24) is 0 Å². The summed E-state index contributed by atoms with van der Waals surface area (Å²) in [6, 6.07) is 0. The van der Waals surface area contributed by atoms with Crippen LogP contribution in [0.25, 0.3) is 0 Å². The molecule has 1 aliphatic carbocycles. The van der Waals surface area contributed by atoms with Crippen molar-refractivity contribution in [3.63, 3.8) is 0 Å². The molecule has 0 aromatic heterocycles. The van der Waals surface area contributed by atoms with Gasteiger partial charge in [-0.2, -0.15) is 0 Å². The van der Waals surface area contributed by atoms with Crippen LogP contribution in [0, 0.1) is 0 Å². The zero-order valence-corrected chi connectivity index (χ0v) is 7.81. The Labute approximate surface area is 80.7 Å². The van der Waals surface area contributed by atoms with Crippen LogP contribution >= 0.6 is 0 Å². The highest BCUT2D eigenvalue weighted by Crippen LogP contribution is 2.09. The lowest BCUT2D eigenvalue weighted by Crippen LogP contribution is -2.17. The molecule has 74 valence electrons. The summed E-state index contributed by atoms with van der Waals surface area (Å²) in [6.07, 6.45) is 3.85. The van der Waals surface area contributed by atoms with Gasteiger partial charge in [-0.15, -0.1) is 0 Å². The van der Waals surface area contributed by atoms with E-state index in [2.05, 4.69) is 14.7 Å². The van der Waals surface area contributed by atoms with Gasteiger partial charge < -0.3 is 9.57 Å². The smallest absolute Gasteiger partial charge is 0.340 e. The predicted octanol–water partition coefficient (Wildman–Crippen LogP) is 0.227. The summed E-state index contributed by atoms with van der Waals surface area (Å²) in [5.41, 5.74) is 0.376. The molecule has 0 aromatic rings. The molecule has 1 rings (SSSR count). The largest absolute Gasteiger partial charge is 0.465 e. The highest BCUT2D eigenvalue weighted by Gasteiger charge is 2.19. The summed E-state index contributed by atoms with van der Waals surface area (Å²) in [6.45, 7) is 0. The number of rotatable bonds is 2. The standard InChI is InChI=1S/C9H9NO4/c1-13-9(12)7-5-6(11)3-4-8(7)10-14-2/h3-5H,1-2H3/b10-8+. The third kappa shape index (κ3) is 2.07. The quantitative estimate of drug-likeness (QED) is 0.359. The molecule has 0 bridgehead atoms. The number of allylic oxidation sites excluding steroid dienone is 3. The van der Waals surface area contributed by atoms with Crippen LogP contribution in [0.2, 0.25) is 0 Å². The van der Waals surface area contributed by atoms with Gasteiger partial charge in [0.25, 0.3) is 0 Å². The van der Waals surface area contributed by atoms with Crippen molar-refractivity contribution in [2.24, 2.45) is 5.16 Å². The molecule has 0 spiro atoms. The number of esters is 1. The molecule has 0 atom stereocenters. The first kappa shape index (κ1) is 10.2. The maximum Gasteiger partial charge on any atom is 0.340 e. The van der Waals surface area contributed by atoms with Crippen LogP contribution in [0.15, 0.2) is 29.0 Å². The van der Waals surface area contributed by atoms with Gasteiger partial charge in [-0.25, -0.2) is 4.79 Å². The highest BCUT2D eigenvalue weighted by molar-refractivity contribution is 6.30. The van der Waals surface area contributed by atoms with Crippen LogP contribution in [-0.2, 0) is 19.2 Å². The molecule has 5 heteroatoms. The van der Waals surface area contributed by atoms with Crippen molar-refractivity contribution in [2.75, 3.05) is 14.2 Å². The summed E-state index contributed by atoms with van der Waals surface area (Å²) < 4.78 is 4.48. The van der Waals surface area contributed by atoms with Crippen molar-refractivity contribution >= 4 is 17.5 Å². The van der Waals surface area contributed by atoms with E-state index in [1.165, 1.54) is 26.4 Å². The summed E-state index contributed by atoms with van der Waals surface area (Å²) in [7, 11) is 2.59. The Morgan fingerprint density at radius 2 is 2.07 bits per heavy atom. The van der Waals surface area contributed by atoms with E-state index >= 15 is 0 Å². The van der Waals surface area contributed by atoms with Crippen LogP contribution in [0.4, 0.5) is 0 Å². The lowest BCUT2D eigenvalue weighted by molar-refractivity contribution is -0.135. The van der Waals surface area contributed by atoms with Crippen molar-refractivity contribution in [1.29, 1.82) is 0 Å². The van der Waals surface area contributed by atoms with E-state index in [4.69, 9.17) is 0 Å². The Balaban J connectivity index is 3.03. The summed E-state index contributed by atoms with van der Waals surface area (Å²) in [4.78, 5) is 26.7. The van der Waals surface area contributed by atoms with Crippen molar-refractivity contribution in [2.45, 2.75) is 0 Å². The van der Waals surface area contributed by atoms with Gasteiger partial charge in [0.1, 0.15) is 12.8 Å². The van der Waals surface area contributed by atoms with Gasteiger partial charge in [-0.1, -0.05) is 5.16 Å². The maximum atomic E-state index is 11.2. The molecule has 0 saturated carbocycles. The molecule has 0 N–H and O–H groups in total. The van der Waals surface area contributed by atoms with Crippen LogP contribution < -0.4 is 0 Å². The minimum absolute atomic E-state index is 0.0989. The molecular weight excluding hydrogens is 186 g/mol. The van der Waals surface area contributed by atoms with Crippen molar-refractivity contribution in [3.05, 3.63) is 23.8 Å². The fourth-order valence-electron chi connectivity index (χ4n) is 0.967. The normalized spacial score (nSPS) is 18.0. The van der Waals surface area contributed by atoms with E-state index in [1.54, 1.807) is 0 Å². The molecule has 0 radical (unpaired) electrons. The zero-order valence-electron chi connectivity index (χ0n) is 7.81. The Kier molecular flexibility index (Phi) is 3.17. The number of hydrogen-bond donors (Lipinski definition) is 0. The molecule has 0 saturated heterocycles. The van der Waals surface area contributed by atoms with Gasteiger partial charge in [0.15, 0.2) is 5.78 Å². The maximum absolute atomic E-state index is 11.2. The number of carbonyl (C=O) groups excluding carboxylic acids is 2. The van der Waals surface area contributed by atoms with E-state index in [-0.39, 0.29) is 17.1 Å². The minimum Gasteiger partial charge on any atom is -0.465 e. The Morgan fingerprint density at radius 3 is 2.64 bits per heavy atom. The van der Waals surface area contributed by atoms with Gasteiger partial charge in [-0.3, -0.25) is 4.79 Å². The molecule has 0 amide bonds. The van der Waals surface area contributed by atoms with E-state index in [9.17, 15) is 9.59 Å². The Hall–Kier alpha value is -1.91. The van der Waals surface area contributed by atoms with Gasteiger partial charge in [-0.05, 0) is 12.2 Å². The van der Waals surface area contributed by atoms with E-state index < -0.39 is 5.97 Å². The first-order chi connectivity index (χ1) is 6.69. The van der Waals surface area contributed by atoms with Gasteiger partial charge in [0.2, 0.25) is 0 Å². The van der Waals surface area contributed by atoms with Gasteiger partial charge in [0.05, 0.1) is 12.7 Å². The molecule has 1 aliphatic rings. The average molecular weight is 195 g/mol. The number of carbonyl (C=O) groups is 2. The fourth-order valence-corrected chi connectivity index (χ4v) is 0.967.